The van der Waals surface area contributed by atoms with Gasteiger partial charge in [0, 0.05) is 13.1 Å². The van der Waals surface area contributed by atoms with Crippen LogP contribution in [-0.2, 0) is 9.47 Å². The van der Waals surface area contributed by atoms with E-state index in [4.69, 9.17) is 9.47 Å². The van der Waals surface area contributed by atoms with Crippen molar-refractivity contribution in [2.45, 2.75) is 56.0 Å². The molecular weight excluding hydrogens is 343 g/mol. The quantitative estimate of drug-likeness (QED) is 0.651. The van der Waals surface area contributed by atoms with Crippen LogP contribution in [0.4, 0.5) is 18.0 Å². The first kappa shape index (κ1) is 17.9. The third kappa shape index (κ3) is 3.27. The molecule has 24 heavy (non-hydrogen) atoms. The molecule has 2 fully saturated rings. The molecule has 2 atom stereocenters. The lowest BCUT2D eigenvalue weighted by atomic mass is 9.77. The summed E-state index contributed by atoms with van der Waals surface area (Å²) in [6, 6.07) is 0. The highest BCUT2D eigenvalue weighted by Crippen LogP contribution is 2.55. The SMILES string of the molecule is CC(C)(C)OC(=O)N1CCC2(CC1)OCC(F)(F)C1C=C(F)SC12. The lowest BCUT2D eigenvalue weighted by Crippen LogP contribution is -2.61. The van der Waals surface area contributed by atoms with Crippen molar-refractivity contribution < 1.29 is 27.4 Å². The molecule has 1 spiro atoms. The Kier molecular flexibility index (Phi) is 4.35. The zero-order valence-corrected chi connectivity index (χ0v) is 14.8. The Morgan fingerprint density at radius 1 is 1.38 bits per heavy atom. The van der Waals surface area contributed by atoms with E-state index >= 15 is 0 Å². The van der Waals surface area contributed by atoms with Gasteiger partial charge in [-0.05, 0) is 39.7 Å². The molecule has 3 aliphatic rings. The Labute approximate surface area is 143 Å². The number of thioether (sulfide) groups is 1. The van der Waals surface area contributed by atoms with Gasteiger partial charge in [0.15, 0.2) is 5.16 Å². The minimum absolute atomic E-state index is 0.353. The Bertz CT molecular complexity index is 553. The molecule has 3 heterocycles. The molecule has 0 aromatic carbocycles. The Hall–Kier alpha value is -0.890. The molecule has 0 aliphatic carbocycles. The molecule has 3 rings (SSSR count). The topological polar surface area (TPSA) is 38.8 Å². The van der Waals surface area contributed by atoms with E-state index in [0.29, 0.717) is 25.9 Å². The predicted octanol–water partition coefficient (Wildman–Crippen LogP) is 3.96. The Balaban J connectivity index is 1.69. The summed E-state index contributed by atoms with van der Waals surface area (Å²) in [6.07, 6.45) is 1.41. The van der Waals surface area contributed by atoms with Gasteiger partial charge < -0.3 is 14.4 Å². The van der Waals surface area contributed by atoms with Crippen molar-refractivity contribution in [3.8, 4) is 0 Å². The van der Waals surface area contributed by atoms with E-state index in [0.717, 1.165) is 17.8 Å². The maximum Gasteiger partial charge on any atom is 0.410 e. The molecule has 2 saturated heterocycles. The first-order valence-corrected chi connectivity index (χ1v) is 8.94. The zero-order chi connectivity index (χ0) is 17.8. The van der Waals surface area contributed by atoms with E-state index in [9.17, 15) is 18.0 Å². The number of ether oxygens (including phenoxy) is 2. The van der Waals surface area contributed by atoms with Gasteiger partial charge in [0.2, 0.25) is 0 Å². The van der Waals surface area contributed by atoms with Gasteiger partial charge in [0.1, 0.15) is 12.2 Å². The van der Waals surface area contributed by atoms with Gasteiger partial charge in [0.05, 0.1) is 16.8 Å². The van der Waals surface area contributed by atoms with Crippen LogP contribution in [0.5, 0.6) is 0 Å². The zero-order valence-electron chi connectivity index (χ0n) is 14.0. The van der Waals surface area contributed by atoms with Crippen LogP contribution in [0.3, 0.4) is 0 Å². The molecule has 0 bridgehead atoms. The smallest absolute Gasteiger partial charge is 0.410 e. The first-order valence-electron chi connectivity index (χ1n) is 8.06. The molecule has 0 saturated carbocycles. The average molecular weight is 365 g/mol. The number of likely N-dealkylation sites (tertiary alicyclic amines) is 1. The fourth-order valence-corrected chi connectivity index (χ4v) is 4.89. The second kappa shape index (κ2) is 5.83. The Morgan fingerprint density at radius 3 is 2.58 bits per heavy atom. The van der Waals surface area contributed by atoms with Crippen molar-refractivity contribution in [2.75, 3.05) is 19.7 Å². The number of fused-ring (bicyclic) bond motifs is 2. The minimum Gasteiger partial charge on any atom is -0.444 e. The van der Waals surface area contributed by atoms with Gasteiger partial charge in [0.25, 0.3) is 5.92 Å². The summed E-state index contributed by atoms with van der Waals surface area (Å²) in [5, 5.41) is -1.22. The second-order valence-corrected chi connectivity index (χ2v) is 8.75. The third-order valence-electron chi connectivity index (χ3n) is 4.70. The molecule has 8 heteroatoms. The van der Waals surface area contributed by atoms with Gasteiger partial charge in [-0.3, -0.25) is 0 Å². The third-order valence-corrected chi connectivity index (χ3v) is 6.03. The number of alkyl halides is 2. The summed E-state index contributed by atoms with van der Waals surface area (Å²) in [7, 11) is 0. The molecule has 0 radical (unpaired) electrons. The molecule has 0 aromatic rings. The molecule has 0 aromatic heterocycles. The fraction of sp³-hybridized carbons (Fsp3) is 0.812. The minimum atomic E-state index is -3.06. The number of hydrogen-bond donors (Lipinski definition) is 0. The van der Waals surface area contributed by atoms with Crippen LogP contribution in [0.2, 0.25) is 0 Å². The molecule has 3 aliphatic heterocycles. The standard InChI is InChI=1S/C16H22F3NO3S/c1-14(2,3)23-13(21)20-6-4-15(5-7-20)12-10(8-11(17)24-12)16(18,19)9-22-15/h8,10,12H,4-7,9H2,1-3H3. The van der Waals surface area contributed by atoms with Crippen LogP contribution < -0.4 is 0 Å². The molecule has 4 nitrogen and oxygen atoms in total. The number of allylic oxidation sites excluding steroid dienone is 1. The number of rotatable bonds is 0. The highest BCUT2D eigenvalue weighted by Gasteiger charge is 2.61. The summed E-state index contributed by atoms with van der Waals surface area (Å²) in [5.41, 5.74) is -1.41. The van der Waals surface area contributed by atoms with E-state index < -0.39 is 46.2 Å². The molecule has 1 amide bonds. The van der Waals surface area contributed by atoms with Crippen molar-refractivity contribution >= 4 is 17.9 Å². The van der Waals surface area contributed by atoms with Crippen LogP contribution in [-0.4, -0.2) is 53.1 Å². The normalized spacial score (nSPS) is 31.6. The molecule has 2 unspecified atom stereocenters. The molecular formula is C16H22F3NO3S. The van der Waals surface area contributed by atoms with Crippen molar-refractivity contribution in [1.82, 2.24) is 4.90 Å². The highest BCUT2D eigenvalue weighted by atomic mass is 32.2. The number of halogens is 3. The van der Waals surface area contributed by atoms with Crippen LogP contribution in [0.25, 0.3) is 0 Å². The van der Waals surface area contributed by atoms with E-state index in [1.165, 1.54) is 0 Å². The van der Waals surface area contributed by atoms with Gasteiger partial charge in [-0.15, -0.1) is 0 Å². The average Bonchev–Trinajstić information content (AvgIpc) is 2.87. The van der Waals surface area contributed by atoms with Crippen molar-refractivity contribution in [3.63, 3.8) is 0 Å². The van der Waals surface area contributed by atoms with Crippen LogP contribution in [0.1, 0.15) is 33.6 Å². The summed E-state index contributed by atoms with van der Waals surface area (Å²) in [4.78, 5) is 13.7. The van der Waals surface area contributed by atoms with Gasteiger partial charge in [-0.1, -0.05) is 11.8 Å². The number of nitrogens with zero attached hydrogens (tertiary/aromatic N) is 1. The van der Waals surface area contributed by atoms with Crippen molar-refractivity contribution in [1.29, 1.82) is 0 Å². The van der Waals surface area contributed by atoms with E-state index in [1.807, 2.05) is 0 Å². The van der Waals surface area contributed by atoms with Gasteiger partial charge in [-0.25, -0.2) is 13.6 Å². The predicted molar refractivity (Wildman–Crippen MR) is 84.7 cm³/mol. The number of hydrogen-bond acceptors (Lipinski definition) is 4. The van der Waals surface area contributed by atoms with Crippen molar-refractivity contribution in [2.24, 2.45) is 5.92 Å². The second-order valence-electron chi connectivity index (χ2n) is 7.62. The van der Waals surface area contributed by atoms with E-state index in [-0.39, 0.29) is 0 Å². The maximum atomic E-state index is 14.0. The maximum absolute atomic E-state index is 14.0. The summed E-state index contributed by atoms with van der Waals surface area (Å²) < 4.78 is 52.6. The van der Waals surface area contributed by atoms with Gasteiger partial charge in [-0.2, -0.15) is 4.39 Å². The van der Waals surface area contributed by atoms with Crippen molar-refractivity contribution in [3.05, 3.63) is 11.2 Å². The molecule has 0 N–H and O–H groups in total. The van der Waals surface area contributed by atoms with E-state index in [1.54, 1.807) is 25.7 Å². The van der Waals surface area contributed by atoms with Crippen LogP contribution >= 0.6 is 11.8 Å². The first-order chi connectivity index (χ1) is 11.0. The lowest BCUT2D eigenvalue weighted by molar-refractivity contribution is -0.214. The summed E-state index contributed by atoms with van der Waals surface area (Å²) in [5.74, 6) is -4.21. The molecule has 136 valence electrons. The monoisotopic (exact) mass is 365 g/mol. The number of amides is 1. The summed E-state index contributed by atoms with van der Waals surface area (Å²) in [6.45, 7) is 5.37. The number of piperidine rings is 1. The number of carbonyl (C=O) groups excluding carboxylic acids is 1. The Morgan fingerprint density at radius 2 is 2.00 bits per heavy atom. The number of carbonyl (C=O) groups is 1. The summed E-state index contributed by atoms with van der Waals surface area (Å²) >= 11 is 0.831. The van der Waals surface area contributed by atoms with Crippen LogP contribution in [0, 0.1) is 5.92 Å². The lowest BCUT2D eigenvalue weighted by Gasteiger charge is -2.51. The van der Waals surface area contributed by atoms with Gasteiger partial charge >= 0.3 is 6.09 Å². The largest absolute Gasteiger partial charge is 0.444 e. The fourth-order valence-electron chi connectivity index (χ4n) is 3.48. The van der Waals surface area contributed by atoms with E-state index in [2.05, 4.69) is 0 Å². The van der Waals surface area contributed by atoms with Crippen LogP contribution in [0.15, 0.2) is 11.2 Å². The highest BCUT2D eigenvalue weighted by molar-refractivity contribution is 8.03.